The van der Waals surface area contributed by atoms with Gasteiger partial charge in [0.15, 0.2) is 6.10 Å². The van der Waals surface area contributed by atoms with E-state index in [1.54, 1.807) is 0 Å². The lowest BCUT2D eigenvalue weighted by Crippen LogP contribution is -2.30. The van der Waals surface area contributed by atoms with Gasteiger partial charge in [0.25, 0.3) is 0 Å². The first-order valence-electron chi connectivity index (χ1n) is 36.6. The molecule has 0 aliphatic heterocycles. The van der Waals surface area contributed by atoms with Crippen molar-refractivity contribution >= 4 is 17.9 Å². The second-order valence-corrected chi connectivity index (χ2v) is 24.8. The number of unbranched alkanes of at least 4 members (excludes halogenated alkanes) is 49. The van der Waals surface area contributed by atoms with Crippen LogP contribution in [0.25, 0.3) is 0 Å². The summed E-state index contributed by atoms with van der Waals surface area (Å²) in [5.41, 5.74) is 0. The molecule has 82 heavy (non-hydrogen) atoms. The number of carbonyl (C=O) groups excluding carboxylic acids is 3. The van der Waals surface area contributed by atoms with Gasteiger partial charge in [-0.05, 0) is 57.8 Å². The summed E-state index contributed by atoms with van der Waals surface area (Å²) in [6.07, 6.45) is 90.3. The zero-order chi connectivity index (χ0) is 59.2. The van der Waals surface area contributed by atoms with E-state index in [0.717, 1.165) is 83.5 Å². The summed E-state index contributed by atoms with van der Waals surface area (Å²) in [5.74, 6) is -0.898. The van der Waals surface area contributed by atoms with Crippen LogP contribution in [0.15, 0.2) is 48.6 Å². The lowest BCUT2D eigenvalue weighted by atomic mass is 10.0. The van der Waals surface area contributed by atoms with Crippen LogP contribution in [0.5, 0.6) is 0 Å². The van der Waals surface area contributed by atoms with Crippen LogP contribution in [0, 0.1) is 0 Å². The van der Waals surface area contributed by atoms with Crippen LogP contribution >= 0.6 is 0 Å². The van der Waals surface area contributed by atoms with Gasteiger partial charge in [-0.15, -0.1) is 0 Å². The van der Waals surface area contributed by atoms with Gasteiger partial charge in [-0.2, -0.15) is 0 Å². The highest BCUT2D eigenvalue weighted by atomic mass is 16.6. The topological polar surface area (TPSA) is 78.9 Å². The highest BCUT2D eigenvalue weighted by Crippen LogP contribution is 2.19. The van der Waals surface area contributed by atoms with Gasteiger partial charge in [-0.25, -0.2) is 0 Å². The van der Waals surface area contributed by atoms with E-state index in [1.807, 2.05) is 0 Å². The van der Waals surface area contributed by atoms with E-state index in [4.69, 9.17) is 14.2 Å². The monoisotopic (exact) mass is 1150 g/mol. The Kier molecular flexibility index (Phi) is 68.6. The molecule has 0 aliphatic carbocycles. The maximum absolute atomic E-state index is 12.9. The molecule has 0 spiro atoms. The van der Waals surface area contributed by atoms with Gasteiger partial charge in [-0.3, -0.25) is 14.4 Å². The van der Waals surface area contributed by atoms with Crippen LogP contribution in [0.2, 0.25) is 0 Å². The summed E-state index contributed by atoms with van der Waals surface area (Å²) < 4.78 is 16.9. The highest BCUT2D eigenvalue weighted by molar-refractivity contribution is 5.71. The molecule has 1 atom stereocenters. The third-order valence-corrected chi connectivity index (χ3v) is 16.6. The number of hydrogen-bond donors (Lipinski definition) is 0. The van der Waals surface area contributed by atoms with Gasteiger partial charge in [0.2, 0.25) is 0 Å². The van der Waals surface area contributed by atoms with Crippen molar-refractivity contribution < 1.29 is 28.6 Å². The first-order valence-corrected chi connectivity index (χ1v) is 36.6. The van der Waals surface area contributed by atoms with Gasteiger partial charge in [0, 0.05) is 19.3 Å². The van der Waals surface area contributed by atoms with Crippen LogP contribution in [-0.2, 0) is 28.6 Å². The minimum absolute atomic E-state index is 0.0811. The molecule has 0 saturated heterocycles. The first kappa shape index (κ1) is 79.4. The van der Waals surface area contributed by atoms with Crippen molar-refractivity contribution in [3.05, 3.63) is 48.6 Å². The van der Waals surface area contributed by atoms with Crippen LogP contribution in [0.1, 0.15) is 400 Å². The number of esters is 3. The fourth-order valence-corrected chi connectivity index (χ4v) is 11.1. The molecule has 6 heteroatoms. The van der Waals surface area contributed by atoms with Crippen LogP contribution in [0.4, 0.5) is 0 Å². The molecule has 0 radical (unpaired) electrons. The highest BCUT2D eigenvalue weighted by Gasteiger charge is 2.19. The third kappa shape index (κ3) is 68.2. The Labute approximate surface area is 511 Å². The molecule has 0 amide bonds. The van der Waals surface area contributed by atoms with Gasteiger partial charge in [0.05, 0.1) is 0 Å². The van der Waals surface area contributed by atoms with E-state index in [0.29, 0.717) is 19.3 Å². The SMILES string of the molecule is CC/C=C\C/C=C\C/C=C\C/C=C\CCCCC(=O)OCC(COC(=O)CCCCCCCCCCCCCCCCCCCCCCCCCCCCCCCCCCC)OC(=O)CCCCCCCCCCCCCCCCCC. The van der Waals surface area contributed by atoms with Crippen LogP contribution < -0.4 is 0 Å². The van der Waals surface area contributed by atoms with E-state index in [1.165, 1.54) is 276 Å². The van der Waals surface area contributed by atoms with Crippen molar-refractivity contribution in [2.24, 2.45) is 0 Å². The summed E-state index contributed by atoms with van der Waals surface area (Å²) in [4.78, 5) is 38.4. The van der Waals surface area contributed by atoms with E-state index >= 15 is 0 Å². The predicted molar refractivity (Wildman–Crippen MR) is 358 cm³/mol. The Morgan fingerprint density at radius 3 is 0.744 bits per heavy atom. The summed E-state index contributed by atoms with van der Waals surface area (Å²) in [6, 6.07) is 0. The zero-order valence-electron chi connectivity index (χ0n) is 55.3. The second kappa shape index (κ2) is 70.9. The average molecular weight is 1150 g/mol. The van der Waals surface area contributed by atoms with Gasteiger partial charge in [-0.1, -0.05) is 371 Å². The van der Waals surface area contributed by atoms with Crippen LogP contribution in [0.3, 0.4) is 0 Å². The smallest absolute Gasteiger partial charge is 0.306 e. The Bertz CT molecular complexity index is 1410. The molecule has 0 aromatic heterocycles. The molecule has 0 fully saturated rings. The number of ether oxygens (including phenoxy) is 3. The molecular formula is C76H140O6. The molecule has 0 saturated carbocycles. The van der Waals surface area contributed by atoms with Crippen molar-refractivity contribution in [1.82, 2.24) is 0 Å². The standard InChI is InChI=1S/C76H140O6/c1-4-7-10-13-16-19-22-25-28-30-31-32-33-34-35-36-37-38-39-40-41-42-43-44-45-46-49-51-54-57-60-63-66-69-75(78)81-72-73(71-80-74(77)68-65-62-59-56-53-50-47-27-24-21-18-15-12-9-6-3)82-76(79)70-67-64-61-58-55-52-48-29-26-23-20-17-14-11-8-5-2/h9,12,18,21,27,47,53,56,73H,4-8,10-11,13-17,19-20,22-26,28-46,48-52,54-55,57-72H2,1-3H3/b12-9-,21-18-,47-27-,56-53-. The number of rotatable bonds is 68. The molecule has 0 aromatic carbocycles. The van der Waals surface area contributed by atoms with Crippen molar-refractivity contribution in [3.63, 3.8) is 0 Å². The molecule has 1 unspecified atom stereocenters. The van der Waals surface area contributed by atoms with Crippen LogP contribution in [-0.4, -0.2) is 37.2 Å². The maximum Gasteiger partial charge on any atom is 0.306 e. The number of carbonyl (C=O) groups is 3. The number of hydrogen-bond acceptors (Lipinski definition) is 6. The molecule has 0 N–H and O–H groups in total. The maximum atomic E-state index is 12.9. The van der Waals surface area contributed by atoms with E-state index in [9.17, 15) is 14.4 Å². The Balaban J connectivity index is 4.13. The second-order valence-electron chi connectivity index (χ2n) is 24.8. The zero-order valence-corrected chi connectivity index (χ0v) is 55.3. The first-order chi connectivity index (χ1) is 40.5. The molecule has 0 aromatic rings. The fraction of sp³-hybridized carbons (Fsp3) is 0.855. The average Bonchev–Trinajstić information content (AvgIpc) is 3.47. The van der Waals surface area contributed by atoms with Crippen molar-refractivity contribution in [1.29, 1.82) is 0 Å². The summed E-state index contributed by atoms with van der Waals surface area (Å²) >= 11 is 0. The van der Waals surface area contributed by atoms with Gasteiger partial charge < -0.3 is 14.2 Å². The third-order valence-electron chi connectivity index (χ3n) is 16.6. The molecular weight excluding hydrogens is 1010 g/mol. The molecule has 6 nitrogen and oxygen atoms in total. The van der Waals surface area contributed by atoms with Crippen molar-refractivity contribution in [2.45, 2.75) is 406 Å². The molecule has 0 rings (SSSR count). The molecule has 0 aliphatic rings. The lowest BCUT2D eigenvalue weighted by Gasteiger charge is -2.18. The van der Waals surface area contributed by atoms with Crippen molar-refractivity contribution in [3.8, 4) is 0 Å². The summed E-state index contributed by atoms with van der Waals surface area (Å²) in [5, 5.41) is 0. The van der Waals surface area contributed by atoms with E-state index in [-0.39, 0.29) is 31.1 Å². The Hall–Kier alpha value is -2.63. The lowest BCUT2D eigenvalue weighted by molar-refractivity contribution is -0.167. The van der Waals surface area contributed by atoms with E-state index in [2.05, 4.69) is 69.4 Å². The minimum Gasteiger partial charge on any atom is -0.462 e. The van der Waals surface area contributed by atoms with Crippen molar-refractivity contribution in [2.75, 3.05) is 13.2 Å². The van der Waals surface area contributed by atoms with E-state index < -0.39 is 6.10 Å². The van der Waals surface area contributed by atoms with Gasteiger partial charge in [0.1, 0.15) is 13.2 Å². The molecule has 0 heterocycles. The Morgan fingerprint density at radius 2 is 0.476 bits per heavy atom. The number of allylic oxidation sites excluding steroid dienone is 8. The quantitative estimate of drug-likeness (QED) is 0.0261. The normalized spacial score (nSPS) is 12.3. The molecule has 0 bridgehead atoms. The fourth-order valence-electron chi connectivity index (χ4n) is 11.1. The summed E-state index contributed by atoms with van der Waals surface area (Å²) in [6.45, 7) is 6.56. The summed E-state index contributed by atoms with van der Waals surface area (Å²) in [7, 11) is 0. The minimum atomic E-state index is -0.788. The van der Waals surface area contributed by atoms with Gasteiger partial charge >= 0.3 is 17.9 Å². The largest absolute Gasteiger partial charge is 0.462 e. The predicted octanol–water partition coefficient (Wildman–Crippen LogP) is 25.3. The Morgan fingerprint density at radius 1 is 0.256 bits per heavy atom. The molecule has 480 valence electrons.